The second kappa shape index (κ2) is 7.93. The number of piperidine rings is 1. The van der Waals surface area contributed by atoms with Gasteiger partial charge in [-0.3, -0.25) is 4.79 Å². The Hall–Kier alpha value is -1.64. The van der Waals surface area contributed by atoms with E-state index >= 15 is 0 Å². The third-order valence-electron chi connectivity index (χ3n) is 9.39. The van der Waals surface area contributed by atoms with E-state index in [1.165, 1.54) is 5.57 Å². The minimum Gasteiger partial charge on any atom is -0.443 e. The van der Waals surface area contributed by atoms with Crippen LogP contribution in [0.3, 0.4) is 0 Å². The van der Waals surface area contributed by atoms with Crippen molar-refractivity contribution in [2.45, 2.75) is 76.0 Å². The number of hydrogen-bond donors (Lipinski definition) is 0. The number of amides is 2. The van der Waals surface area contributed by atoms with Gasteiger partial charge in [0.25, 0.3) is 0 Å². The van der Waals surface area contributed by atoms with Crippen molar-refractivity contribution in [3.8, 4) is 0 Å². The third kappa shape index (κ3) is 3.59. The zero-order chi connectivity index (χ0) is 23.8. The van der Waals surface area contributed by atoms with E-state index in [0.717, 1.165) is 38.8 Å². The molecule has 34 heavy (non-hydrogen) atoms. The Morgan fingerprint density at radius 1 is 1.15 bits per heavy atom. The van der Waals surface area contributed by atoms with E-state index in [-0.39, 0.29) is 47.4 Å². The second-order valence-electron chi connectivity index (χ2n) is 11.7. The number of fused-ring (bicyclic) bond motifs is 1. The van der Waals surface area contributed by atoms with Crippen LogP contribution in [0, 0.1) is 23.7 Å². The van der Waals surface area contributed by atoms with Gasteiger partial charge < -0.3 is 28.7 Å². The maximum Gasteiger partial charge on any atom is 0.410 e. The molecule has 0 N–H and O–H groups in total. The van der Waals surface area contributed by atoms with E-state index < -0.39 is 0 Å². The quantitative estimate of drug-likeness (QED) is 0.435. The van der Waals surface area contributed by atoms with E-state index in [1.807, 2.05) is 4.90 Å². The summed E-state index contributed by atoms with van der Waals surface area (Å²) in [6.07, 6.45) is 5.06. The largest absolute Gasteiger partial charge is 0.443 e. The van der Waals surface area contributed by atoms with Gasteiger partial charge in [-0.05, 0) is 58.3 Å². The predicted octanol–water partition coefficient (Wildman–Crippen LogP) is 2.61. The Kier molecular flexibility index (Phi) is 5.32. The number of hydrogen-bond acceptors (Lipinski definition) is 6. The van der Waals surface area contributed by atoms with E-state index in [2.05, 4.69) is 26.8 Å². The van der Waals surface area contributed by atoms with Crippen LogP contribution in [0.25, 0.3) is 0 Å². The van der Waals surface area contributed by atoms with Crippen LogP contribution in [0.15, 0.2) is 11.6 Å². The number of epoxide rings is 2. The smallest absolute Gasteiger partial charge is 0.410 e. The SMILES string of the molecule is CO[C@@H]1[C@H](OC(=O)N2C[C@@H]3C(C(=O)N4CCC4)[C@@H]3C2)CC[C@]2(CO2)[C@H]1[C@@]1(C)O[C@@H]1CC=C(C)C. The first kappa shape index (κ1) is 22.8. The van der Waals surface area contributed by atoms with Gasteiger partial charge in [0.05, 0.1) is 18.6 Å². The summed E-state index contributed by atoms with van der Waals surface area (Å²) >= 11 is 0. The Morgan fingerprint density at radius 3 is 2.41 bits per heavy atom. The Labute approximate surface area is 201 Å². The van der Waals surface area contributed by atoms with Gasteiger partial charge in [-0.25, -0.2) is 4.79 Å². The van der Waals surface area contributed by atoms with E-state index in [4.69, 9.17) is 18.9 Å². The van der Waals surface area contributed by atoms with Crippen LogP contribution in [0.4, 0.5) is 4.79 Å². The van der Waals surface area contributed by atoms with Gasteiger partial charge in [0.2, 0.25) is 5.91 Å². The number of allylic oxidation sites excluding steroid dienone is 1. The standard InChI is InChI=1S/C26H38N2O6/c1-15(2)6-7-19-25(3,34-19)22-21(31-4)18(8-9-26(22)14-32-26)33-24(30)28-12-16-17(13-28)20(16)23(29)27-10-5-11-27/h6,16-22H,5,7-14H2,1-4H3/t16-,17+,18-,19-,20?,21-,22-,25+,26+/m1/s1. The summed E-state index contributed by atoms with van der Waals surface area (Å²) in [7, 11) is 1.70. The van der Waals surface area contributed by atoms with Gasteiger partial charge in [-0.1, -0.05) is 11.6 Å². The summed E-state index contributed by atoms with van der Waals surface area (Å²) in [4.78, 5) is 29.4. The Morgan fingerprint density at radius 2 is 1.85 bits per heavy atom. The second-order valence-corrected chi connectivity index (χ2v) is 11.7. The lowest BCUT2D eigenvalue weighted by molar-refractivity contribution is -0.137. The van der Waals surface area contributed by atoms with Crippen molar-refractivity contribution in [2.24, 2.45) is 23.7 Å². The summed E-state index contributed by atoms with van der Waals surface area (Å²) in [5.74, 6) is 1.04. The fourth-order valence-corrected chi connectivity index (χ4v) is 7.06. The lowest BCUT2D eigenvalue weighted by Gasteiger charge is -2.43. The molecule has 6 fully saturated rings. The molecule has 0 radical (unpaired) electrons. The molecule has 0 bridgehead atoms. The molecule has 1 spiro atoms. The van der Waals surface area contributed by atoms with Crippen LogP contribution >= 0.6 is 0 Å². The number of carbonyl (C=O) groups is 2. The van der Waals surface area contributed by atoms with Crippen LogP contribution in [0.5, 0.6) is 0 Å². The van der Waals surface area contributed by atoms with Crippen molar-refractivity contribution in [3.05, 3.63) is 11.6 Å². The normalized spacial score (nSPS) is 45.9. The molecule has 2 aliphatic carbocycles. The lowest BCUT2D eigenvalue weighted by atomic mass is 9.68. The average Bonchev–Trinajstić information content (AvgIpc) is 3.72. The van der Waals surface area contributed by atoms with Crippen molar-refractivity contribution >= 4 is 12.0 Å². The molecule has 9 atom stereocenters. The van der Waals surface area contributed by atoms with Crippen LogP contribution in [-0.2, 0) is 23.7 Å². The number of nitrogens with zero attached hydrogens (tertiary/aromatic N) is 2. The first-order valence-electron chi connectivity index (χ1n) is 13.0. The van der Waals surface area contributed by atoms with E-state index in [0.29, 0.717) is 37.4 Å². The van der Waals surface area contributed by atoms with Crippen molar-refractivity contribution < 1.29 is 28.5 Å². The molecular weight excluding hydrogens is 436 g/mol. The lowest BCUT2D eigenvalue weighted by Crippen LogP contribution is -2.56. The minimum absolute atomic E-state index is 0.0256. The van der Waals surface area contributed by atoms with Gasteiger partial charge in [0.15, 0.2) is 0 Å². The maximum atomic E-state index is 13.1. The molecule has 6 aliphatic rings. The molecule has 0 aromatic carbocycles. The van der Waals surface area contributed by atoms with E-state index in [1.54, 1.807) is 12.0 Å². The fourth-order valence-electron chi connectivity index (χ4n) is 7.06. The first-order chi connectivity index (χ1) is 16.3. The number of ether oxygens (including phenoxy) is 4. The molecule has 4 aliphatic heterocycles. The zero-order valence-corrected chi connectivity index (χ0v) is 20.8. The molecule has 2 amide bonds. The topological polar surface area (TPSA) is 84.1 Å². The van der Waals surface area contributed by atoms with Gasteiger partial charge in [0, 0.05) is 39.2 Å². The third-order valence-corrected chi connectivity index (χ3v) is 9.39. The van der Waals surface area contributed by atoms with Crippen LogP contribution < -0.4 is 0 Å². The minimum atomic E-state index is -0.339. The molecule has 4 saturated heterocycles. The molecule has 8 nitrogen and oxygen atoms in total. The molecule has 0 aromatic rings. The summed E-state index contributed by atoms with van der Waals surface area (Å²) < 4.78 is 24.3. The predicted molar refractivity (Wildman–Crippen MR) is 123 cm³/mol. The highest BCUT2D eigenvalue weighted by atomic mass is 16.6. The average molecular weight is 475 g/mol. The Bertz CT molecular complexity index is 882. The number of methoxy groups -OCH3 is 1. The van der Waals surface area contributed by atoms with Gasteiger partial charge in [0.1, 0.15) is 23.4 Å². The van der Waals surface area contributed by atoms with Crippen LogP contribution in [0.2, 0.25) is 0 Å². The van der Waals surface area contributed by atoms with Crippen molar-refractivity contribution in [2.75, 3.05) is 39.9 Å². The monoisotopic (exact) mass is 474 g/mol. The highest BCUT2D eigenvalue weighted by molar-refractivity contribution is 5.84. The molecule has 2 saturated carbocycles. The molecule has 6 rings (SSSR count). The Balaban J connectivity index is 1.08. The highest BCUT2D eigenvalue weighted by Gasteiger charge is 2.72. The van der Waals surface area contributed by atoms with E-state index in [9.17, 15) is 9.59 Å². The van der Waals surface area contributed by atoms with Crippen LogP contribution in [-0.4, -0.2) is 91.2 Å². The summed E-state index contributed by atoms with van der Waals surface area (Å²) in [6.45, 7) is 10.1. The summed E-state index contributed by atoms with van der Waals surface area (Å²) in [6, 6.07) is 0. The van der Waals surface area contributed by atoms with Gasteiger partial charge in [-0.2, -0.15) is 0 Å². The molecule has 4 heterocycles. The van der Waals surface area contributed by atoms with Crippen LogP contribution in [0.1, 0.15) is 46.5 Å². The van der Waals surface area contributed by atoms with Gasteiger partial charge >= 0.3 is 6.09 Å². The van der Waals surface area contributed by atoms with Crippen molar-refractivity contribution in [3.63, 3.8) is 0 Å². The summed E-state index contributed by atoms with van der Waals surface area (Å²) in [5, 5.41) is 0. The van der Waals surface area contributed by atoms with Crippen molar-refractivity contribution in [1.82, 2.24) is 9.80 Å². The number of rotatable bonds is 6. The molecule has 8 heteroatoms. The summed E-state index contributed by atoms with van der Waals surface area (Å²) in [5.41, 5.74) is 0.720. The molecule has 1 unspecified atom stereocenters. The number of likely N-dealkylation sites (tertiary alicyclic amines) is 2. The highest BCUT2D eigenvalue weighted by Crippen LogP contribution is 2.60. The number of carbonyl (C=O) groups excluding carboxylic acids is 2. The fraction of sp³-hybridized carbons (Fsp3) is 0.846. The molecule has 188 valence electrons. The maximum absolute atomic E-state index is 13.1. The zero-order valence-electron chi connectivity index (χ0n) is 20.8. The van der Waals surface area contributed by atoms with Crippen molar-refractivity contribution in [1.29, 1.82) is 0 Å². The first-order valence-corrected chi connectivity index (χ1v) is 13.0. The molecule has 0 aromatic heterocycles. The molecular formula is C26H38N2O6. The van der Waals surface area contributed by atoms with Gasteiger partial charge in [-0.15, -0.1) is 0 Å².